The number of aryl methyl sites for hydroxylation is 3. The number of halogens is 1. The van der Waals surface area contributed by atoms with Crippen molar-refractivity contribution in [3.05, 3.63) is 64.5 Å². The Morgan fingerprint density at radius 2 is 1.77 bits per heavy atom. The van der Waals surface area contributed by atoms with Crippen molar-refractivity contribution < 1.29 is 13.9 Å². The van der Waals surface area contributed by atoms with E-state index in [0.29, 0.717) is 18.7 Å². The van der Waals surface area contributed by atoms with Crippen molar-refractivity contribution in [2.45, 2.75) is 20.8 Å². The van der Waals surface area contributed by atoms with Crippen LogP contribution in [0.2, 0.25) is 0 Å². The van der Waals surface area contributed by atoms with E-state index in [2.05, 4.69) is 5.32 Å². The van der Waals surface area contributed by atoms with Gasteiger partial charge in [0.2, 0.25) is 0 Å². The number of rotatable bonds is 5. The van der Waals surface area contributed by atoms with Crippen molar-refractivity contribution >= 4 is 5.91 Å². The smallest absolute Gasteiger partial charge is 0.251 e. The molecule has 0 heterocycles. The molecule has 0 spiro atoms. The molecule has 0 radical (unpaired) electrons. The summed E-state index contributed by atoms with van der Waals surface area (Å²) in [6, 6.07) is 10.1. The maximum atomic E-state index is 13.2. The zero-order valence-corrected chi connectivity index (χ0v) is 13.1. The van der Waals surface area contributed by atoms with Gasteiger partial charge in [-0.05, 0) is 49.6 Å². The summed E-state index contributed by atoms with van der Waals surface area (Å²) in [5, 5.41) is 2.75. The van der Waals surface area contributed by atoms with Gasteiger partial charge in [0.1, 0.15) is 18.2 Å². The summed E-state index contributed by atoms with van der Waals surface area (Å²) >= 11 is 0. The molecule has 1 amide bonds. The predicted molar refractivity (Wildman–Crippen MR) is 84.9 cm³/mol. The molecule has 22 heavy (non-hydrogen) atoms. The first-order chi connectivity index (χ1) is 10.5. The van der Waals surface area contributed by atoms with Crippen molar-refractivity contribution in [1.82, 2.24) is 5.32 Å². The van der Waals surface area contributed by atoms with E-state index < -0.39 is 5.82 Å². The minimum absolute atomic E-state index is 0.290. The molecule has 0 aliphatic heterocycles. The lowest BCUT2D eigenvalue weighted by atomic mass is 10.1. The second-order valence-electron chi connectivity index (χ2n) is 5.28. The van der Waals surface area contributed by atoms with Crippen LogP contribution in [0.5, 0.6) is 5.75 Å². The van der Waals surface area contributed by atoms with Gasteiger partial charge in [0.05, 0.1) is 6.54 Å². The molecule has 0 atom stereocenters. The fourth-order valence-electron chi connectivity index (χ4n) is 2.28. The summed E-state index contributed by atoms with van der Waals surface area (Å²) in [6.07, 6.45) is 0. The number of carbonyl (C=O) groups excluding carboxylic acids is 1. The van der Waals surface area contributed by atoms with Crippen LogP contribution >= 0.6 is 0 Å². The number of ether oxygens (including phenoxy) is 1. The lowest BCUT2D eigenvalue weighted by Gasteiger charge is -2.12. The van der Waals surface area contributed by atoms with Crippen molar-refractivity contribution in [2.24, 2.45) is 0 Å². The van der Waals surface area contributed by atoms with E-state index in [0.717, 1.165) is 22.4 Å². The molecule has 2 rings (SSSR count). The summed E-state index contributed by atoms with van der Waals surface area (Å²) in [7, 11) is 0. The molecule has 116 valence electrons. The van der Waals surface area contributed by atoms with E-state index in [1.165, 1.54) is 12.1 Å². The molecule has 0 aromatic heterocycles. The first kappa shape index (κ1) is 16.0. The molecular weight excluding hydrogens is 281 g/mol. The number of para-hydroxylation sites is 1. The largest absolute Gasteiger partial charge is 0.491 e. The van der Waals surface area contributed by atoms with Gasteiger partial charge >= 0.3 is 0 Å². The van der Waals surface area contributed by atoms with E-state index >= 15 is 0 Å². The van der Waals surface area contributed by atoms with E-state index in [9.17, 15) is 9.18 Å². The first-order valence-corrected chi connectivity index (χ1v) is 7.22. The molecule has 2 aromatic carbocycles. The number of nitrogens with one attached hydrogen (secondary N) is 1. The number of benzene rings is 2. The maximum Gasteiger partial charge on any atom is 0.251 e. The minimum Gasteiger partial charge on any atom is -0.491 e. The van der Waals surface area contributed by atoms with Crippen LogP contribution in [0.15, 0.2) is 36.4 Å². The van der Waals surface area contributed by atoms with E-state index in [4.69, 9.17) is 4.74 Å². The molecule has 3 nitrogen and oxygen atoms in total. The Morgan fingerprint density at radius 1 is 1.09 bits per heavy atom. The standard InChI is InChI=1S/C18H20FNO2/c1-12-7-8-15(19)11-16(12)18(21)20-9-10-22-17-13(2)5-4-6-14(17)3/h4-8,11H,9-10H2,1-3H3,(H,20,21). The van der Waals surface area contributed by atoms with Crippen LogP contribution in [-0.4, -0.2) is 19.1 Å². The lowest BCUT2D eigenvalue weighted by Crippen LogP contribution is -2.28. The van der Waals surface area contributed by atoms with Gasteiger partial charge in [-0.2, -0.15) is 0 Å². The Morgan fingerprint density at radius 3 is 2.45 bits per heavy atom. The molecule has 0 aliphatic rings. The molecule has 0 bridgehead atoms. The van der Waals surface area contributed by atoms with E-state index in [1.54, 1.807) is 13.0 Å². The van der Waals surface area contributed by atoms with Crippen LogP contribution in [0, 0.1) is 26.6 Å². The highest BCUT2D eigenvalue weighted by Gasteiger charge is 2.10. The third-order valence-corrected chi connectivity index (χ3v) is 3.49. The maximum absolute atomic E-state index is 13.2. The summed E-state index contributed by atoms with van der Waals surface area (Å²) < 4.78 is 18.9. The molecule has 0 unspecified atom stereocenters. The predicted octanol–water partition coefficient (Wildman–Crippen LogP) is 3.56. The molecule has 0 saturated carbocycles. The Hall–Kier alpha value is -2.36. The Labute approximate surface area is 130 Å². The van der Waals surface area contributed by atoms with Gasteiger partial charge in [0.25, 0.3) is 5.91 Å². The third kappa shape index (κ3) is 3.85. The van der Waals surface area contributed by atoms with Crippen LogP contribution in [0.3, 0.4) is 0 Å². The molecule has 0 saturated heterocycles. The minimum atomic E-state index is -0.414. The summed E-state index contributed by atoms with van der Waals surface area (Å²) in [4.78, 5) is 12.0. The Bertz CT molecular complexity index is 663. The molecule has 1 N–H and O–H groups in total. The SMILES string of the molecule is Cc1ccc(F)cc1C(=O)NCCOc1c(C)cccc1C. The number of hydrogen-bond acceptors (Lipinski definition) is 2. The van der Waals surface area contributed by atoms with Gasteiger partial charge in [0, 0.05) is 5.56 Å². The average Bonchev–Trinajstić information content (AvgIpc) is 2.48. The van der Waals surface area contributed by atoms with Crippen LogP contribution in [0.1, 0.15) is 27.0 Å². The molecular formula is C18H20FNO2. The molecule has 2 aromatic rings. The van der Waals surface area contributed by atoms with Crippen molar-refractivity contribution in [3.63, 3.8) is 0 Å². The highest BCUT2D eigenvalue weighted by molar-refractivity contribution is 5.95. The summed E-state index contributed by atoms with van der Waals surface area (Å²) in [5.74, 6) is 0.142. The highest BCUT2D eigenvalue weighted by Crippen LogP contribution is 2.21. The second kappa shape index (κ2) is 7.07. The Balaban J connectivity index is 1.89. The van der Waals surface area contributed by atoms with Crippen molar-refractivity contribution in [3.8, 4) is 5.75 Å². The lowest BCUT2D eigenvalue weighted by molar-refractivity contribution is 0.0946. The Kier molecular flexibility index (Phi) is 5.15. The number of carbonyl (C=O) groups is 1. The van der Waals surface area contributed by atoms with Crippen molar-refractivity contribution in [1.29, 1.82) is 0 Å². The molecule has 4 heteroatoms. The van der Waals surface area contributed by atoms with Gasteiger partial charge in [-0.15, -0.1) is 0 Å². The average molecular weight is 301 g/mol. The van der Waals surface area contributed by atoms with Crippen LogP contribution < -0.4 is 10.1 Å². The molecule has 0 fully saturated rings. The zero-order chi connectivity index (χ0) is 16.1. The highest BCUT2D eigenvalue weighted by atomic mass is 19.1. The van der Waals surface area contributed by atoms with Gasteiger partial charge < -0.3 is 10.1 Å². The second-order valence-corrected chi connectivity index (χ2v) is 5.28. The summed E-state index contributed by atoms with van der Waals surface area (Å²) in [6.45, 7) is 6.48. The fourth-order valence-corrected chi connectivity index (χ4v) is 2.28. The monoisotopic (exact) mass is 301 g/mol. The first-order valence-electron chi connectivity index (χ1n) is 7.22. The zero-order valence-electron chi connectivity index (χ0n) is 13.1. The van der Waals surface area contributed by atoms with E-state index in [-0.39, 0.29) is 5.91 Å². The van der Waals surface area contributed by atoms with Crippen LogP contribution in [0.4, 0.5) is 4.39 Å². The number of amides is 1. The normalized spacial score (nSPS) is 10.4. The summed E-state index contributed by atoms with van der Waals surface area (Å²) in [5.41, 5.74) is 3.22. The number of hydrogen-bond donors (Lipinski definition) is 1. The fraction of sp³-hybridized carbons (Fsp3) is 0.278. The van der Waals surface area contributed by atoms with Gasteiger partial charge in [-0.3, -0.25) is 4.79 Å². The topological polar surface area (TPSA) is 38.3 Å². The van der Waals surface area contributed by atoms with Gasteiger partial charge in [-0.1, -0.05) is 24.3 Å². The third-order valence-electron chi connectivity index (χ3n) is 3.49. The van der Waals surface area contributed by atoms with Gasteiger partial charge in [-0.25, -0.2) is 4.39 Å². The van der Waals surface area contributed by atoms with E-state index in [1.807, 2.05) is 32.0 Å². The van der Waals surface area contributed by atoms with Gasteiger partial charge in [0.15, 0.2) is 0 Å². The quantitative estimate of drug-likeness (QED) is 0.858. The van der Waals surface area contributed by atoms with Crippen LogP contribution in [-0.2, 0) is 0 Å². The van der Waals surface area contributed by atoms with Crippen molar-refractivity contribution in [2.75, 3.05) is 13.2 Å². The van der Waals surface area contributed by atoms with Crippen LogP contribution in [0.25, 0.3) is 0 Å². The molecule has 0 aliphatic carbocycles.